The third-order valence-electron chi connectivity index (χ3n) is 3.54. The molecular formula is C15H21ClN2OS. The van der Waals surface area contributed by atoms with Gasteiger partial charge in [0.05, 0.1) is 12.1 Å². The van der Waals surface area contributed by atoms with Crippen LogP contribution in [0.4, 0.5) is 0 Å². The van der Waals surface area contributed by atoms with Crippen molar-refractivity contribution in [3.8, 4) is 0 Å². The zero-order valence-electron chi connectivity index (χ0n) is 12.1. The first kappa shape index (κ1) is 15.7. The molecule has 2 rings (SSSR count). The van der Waals surface area contributed by atoms with Crippen molar-refractivity contribution in [2.45, 2.75) is 44.2 Å². The topological polar surface area (TPSA) is 55.1 Å². The predicted octanol–water partition coefficient (Wildman–Crippen LogP) is 3.37. The van der Waals surface area contributed by atoms with Crippen molar-refractivity contribution in [3.05, 3.63) is 28.8 Å². The molecule has 1 heterocycles. The van der Waals surface area contributed by atoms with Gasteiger partial charge in [-0.1, -0.05) is 32.4 Å². The molecule has 0 bridgehead atoms. The molecular weight excluding hydrogens is 292 g/mol. The van der Waals surface area contributed by atoms with Gasteiger partial charge in [-0.15, -0.1) is 11.8 Å². The fraction of sp³-hybridized carbons (Fsp3) is 0.533. The molecule has 110 valence electrons. The highest BCUT2D eigenvalue weighted by atomic mass is 35.5. The number of fused-ring (bicyclic) bond motifs is 1. The lowest BCUT2D eigenvalue weighted by molar-refractivity contribution is -0.125. The van der Waals surface area contributed by atoms with Crippen LogP contribution in [0.2, 0.25) is 5.02 Å². The molecule has 0 radical (unpaired) electrons. The van der Waals surface area contributed by atoms with Crippen molar-refractivity contribution < 1.29 is 4.79 Å². The molecule has 0 aliphatic carbocycles. The molecule has 2 atom stereocenters. The number of thioether (sulfide) groups is 1. The van der Waals surface area contributed by atoms with Gasteiger partial charge in [0.1, 0.15) is 0 Å². The maximum atomic E-state index is 12.3. The number of rotatable bonds is 2. The summed E-state index contributed by atoms with van der Waals surface area (Å²) in [6, 6.07) is 5.34. The number of carbonyl (C=O) groups is 1. The first-order valence-corrected chi connectivity index (χ1v) is 8.13. The molecule has 1 aliphatic rings. The third kappa shape index (κ3) is 3.48. The highest BCUT2D eigenvalue weighted by Gasteiger charge is 2.30. The molecule has 1 unspecified atom stereocenters. The Hall–Kier alpha value is -0.710. The number of carbonyl (C=O) groups excluding carboxylic acids is 1. The Morgan fingerprint density at radius 1 is 1.50 bits per heavy atom. The van der Waals surface area contributed by atoms with Crippen molar-refractivity contribution in [3.63, 3.8) is 0 Å². The van der Waals surface area contributed by atoms with Crippen molar-refractivity contribution >= 4 is 29.3 Å². The molecule has 1 aromatic rings. The fourth-order valence-electron chi connectivity index (χ4n) is 2.17. The molecule has 20 heavy (non-hydrogen) atoms. The molecule has 0 saturated carbocycles. The van der Waals surface area contributed by atoms with E-state index in [0.29, 0.717) is 5.02 Å². The van der Waals surface area contributed by atoms with Crippen LogP contribution in [-0.4, -0.2) is 17.7 Å². The molecule has 3 N–H and O–H groups in total. The molecule has 1 aromatic carbocycles. The van der Waals surface area contributed by atoms with E-state index in [0.717, 1.165) is 17.7 Å². The normalized spacial score (nSPS) is 20.1. The van der Waals surface area contributed by atoms with Crippen LogP contribution >= 0.6 is 23.4 Å². The van der Waals surface area contributed by atoms with E-state index in [-0.39, 0.29) is 17.4 Å². The minimum Gasteiger partial charge on any atom is -0.348 e. The molecule has 0 fully saturated rings. The average Bonchev–Trinajstić information content (AvgIpc) is 2.37. The van der Waals surface area contributed by atoms with Gasteiger partial charge in [0, 0.05) is 15.7 Å². The van der Waals surface area contributed by atoms with Gasteiger partial charge in [-0.25, -0.2) is 0 Å². The molecule has 1 amide bonds. The van der Waals surface area contributed by atoms with Gasteiger partial charge in [-0.05, 0) is 35.6 Å². The summed E-state index contributed by atoms with van der Waals surface area (Å²) < 4.78 is 0. The summed E-state index contributed by atoms with van der Waals surface area (Å²) in [6.07, 6.45) is 0.903. The van der Waals surface area contributed by atoms with E-state index in [1.54, 1.807) is 11.8 Å². The number of nitrogens with two attached hydrogens (primary N) is 1. The van der Waals surface area contributed by atoms with Crippen LogP contribution in [0.5, 0.6) is 0 Å². The minimum absolute atomic E-state index is 0.00542. The second-order valence-corrected chi connectivity index (χ2v) is 7.80. The monoisotopic (exact) mass is 312 g/mol. The number of hydrogen-bond donors (Lipinski definition) is 2. The zero-order valence-corrected chi connectivity index (χ0v) is 13.6. The second kappa shape index (κ2) is 5.96. The van der Waals surface area contributed by atoms with Gasteiger partial charge in [-0.3, -0.25) is 4.79 Å². The van der Waals surface area contributed by atoms with E-state index < -0.39 is 6.04 Å². The Balaban J connectivity index is 2.16. The van der Waals surface area contributed by atoms with E-state index in [4.69, 9.17) is 17.3 Å². The maximum Gasteiger partial charge on any atom is 0.237 e. The summed E-state index contributed by atoms with van der Waals surface area (Å²) in [5, 5.41) is 3.77. The van der Waals surface area contributed by atoms with E-state index in [2.05, 4.69) is 5.32 Å². The Bertz CT molecular complexity index is 513. The minimum atomic E-state index is -0.514. The lowest BCUT2D eigenvalue weighted by Crippen LogP contribution is -2.49. The summed E-state index contributed by atoms with van der Waals surface area (Å²) in [4.78, 5) is 13.5. The fourth-order valence-corrected chi connectivity index (χ4v) is 3.46. The second-order valence-electron chi connectivity index (χ2n) is 6.22. The number of benzene rings is 1. The summed E-state index contributed by atoms with van der Waals surface area (Å²) in [5.41, 5.74) is 6.87. The van der Waals surface area contributed by atoms with Gasteiger partial charge in [0.2, 0.25) is 5.91 Å². The van der Waals surface area contributed by atoms with Crippen LogP contribution in [0, 0.1) is 5.41 Å². The Morgan fingerprint density at radius 3 is 2.85 bits per heavy atom. The van der Waals surface area contributed by atoms with E-state index in [9.17, 15) is 4.79 Å². The maximum absolute atomic E-state index is 12.3. The van der Waals surface area contributed by atoms with Crippen LogP contribution in [-0.2, 0) is 4.79 Å². The Morgan fingerprint density at radius 2 is 2.20 bits per heavy atom. The van der Waals surface area contributed by atoms with Gasteiger partial charge in [0.25, 0.3) is 0 Å². The van der Waals surface area contributed by atoms with E-state index in [1.807, 2.05) is 39.0 Å². The first-order valence-electron chi connectivity index (χ1n) is 6.77. The lowest BCUT2D eigenvalue weighted by atomic mass is 9.86. The molecule has 1 aliphatic heterocycles. The zero-order chi connectivity index (χ0) is 14.9. The Kier molecular flexibility index (Phi) is 4.67. The van der Waals surface area contributed by atoms with Gasteiger partial charge < -0.3 is 11.1 Å². The average molecular weight is 313 g/mol. The number of nitrogens with one attached hydrogen (secondary N) is 1. The Labute approximate surface area is 129 Å². The molecule has 0 spiro atoms. The van der Waals surface area contributed by atoms with Crippen LogP contribution < -0.4 is 11.1 Å². The SMILES string of the molecule is CC(C)(C)[C@@H](N)C(=O)NC1CCSc2ccc(Cl)cc21. The quantitative estimate of drug-likeness (QED) is 0.880. The summed E-state index contributed by atoms with van der Waals surface area (Å²) in [7, 11) is 0. The summed E-state index contributed by atoms with van der Waals surface area (Å²) >= 11 is 7.87. The predicted molar refractivity (Wildman–Crippen MR) is 85.1 cm³/mol. The van der Waals surface area contributed by atoms with Crippen LogP contribution in [0.3, 0.4) is 0 Å². The first-order chi connectivity index (χ1) is 9.29. The van der Waals surface area contributed by atoms with Crippen LogP contribution in [0.1, 0.15) is 38.8 Å². The third-order valence-corrected chi connectivity index (χ3v) is 4.90. The molecule has 5 heteroatoms. The number of amides is 1. The van der Waals surface area contributed by atoms with Gasteiger partial charge in [-0.2, -0.15) is 0 Å². The van der Waals surface area contributed by atoms with Gasteiger partial charge in [0.15, 0.2) is 0 Å². The molecule has 3 nitrogen and oxygen atoms in total. The van der Waals surface area contributed by atoms with E-state index >= 15 is 0 Å². The van der Waals surface area contributed by atoms with E-state index in [1.165, 1.54) is 4.90 Å². The highest BCUT2D eigenvalue weighted by Crippen LogP contribution is 2.37. The van der Waals surface area contributed by atoms with Crippen molar-refractivity contribution in [1.82, 2.24) is 5.32 Å². The van der Waals surface area contributed by atoms with Crippen LogP contribution in [0.25, 0.3) is 0 Å². The highest BCUT2D eigenvalue weighted by molar-refractivity contribution is 7.99. The molecule has 0 aromatic heterocycles. The van der Waals surface area contributed by atoms with Crippen LogP contribution in [0.15, 0.2) is 23.1 Å². The van der Waals surface area contributed by atoms with Crippen molar-refractivity contribution in [2.24, 2.45) is 11.1 Å². The number of halogens is 1. The smallest absolute Gasteiger partial charge is 0.237 e. The van der Waals surface area contributed by atoms with Gasteiger partial charge >= 0.3 is 0 Å². The largest absolute Gasteiger partial charge is 0.348 e. The summed E-state index contributed by atoms with van der Waals surface area (Å²) in [6.45, 7) is 5.91. The number of hydrogen-bond acceptors (Lipinski definition) is 3. The lowest BCUT2D eigenvalue weighted by Gasteiger charge is -2.31. The van der Waals surface area contributed by atoms with Crippen molar-refractivity contribution in [2.75, 3.05) is 5.75 Å². The molecule has 0 saturated heterocycles. The standard InChI is InChI=1S/C15H21ClN2OS/c1-15(2,3)13(17)14(19)18-11-6-7-20-12-5-4-9(16)8-10(11)12/h4-5,8,11,13H,6-7,17H2,1-3H3,(H,18,19)/t11?,13-/m0/s1. The van der Waals surface area contributed by atoms with Crippen molar-refractivity contribution in [1.29, 1.82) is 0 Å². The summed E-state index contributed by atoms with van der Waals surface area (Å²) in [5.74, 6) is 0.893.